The molecule has 0 aliphatic carbocycles. The van der Waals surface area contributed by atoms with Gasteiger partial charge < -0.3 is 15.2 Å². The van der Waals surface area contributed by atoms with Crippen molar-refractivity contribution >= 4 is 32.5 Å². The fraction of sp³-hybridized carbons (Fsp3) is 0.353. The number of aromatic nitrogens is 4. The number of imidazole rings is 1. The molecule has 27 heavy (non-hydrogen) atoms. The Morgan fingerprint density at radius 3 is 2.70 bits per heavy atom. The number of nitrogens with zero attached hydrogens (tertiary/aromatic N) is 4. The molecule has 142 valence electrons. The minimum absolute atomic E-state index is 0.0754. The first-order valence-corrected chi connectivity index (χ1v) is 10.5. The second kappa shape index (κ2) is 6.86. The lowest BCUT2D eigenvalue weighted by Crippen LogP contribution is -2.29. The van der Waals surface area contributed by atoms with Gasteiger partial charge in [0.15, 0.2) is 26.8 Å². The summed E-state index contributed by atoms with van der Waals surface area (Å²) in [5.41, 5.74) is 1.36. The van der Waals surface area contributed by atoms with Crippen molar-refractivity contribution in [2.24, 2.45) is 0 Å². The molecule has 2 N–H and O–H groups in total. The first-order chi connectivity index (χ1) is 12.9. The molecule has 1 aromatic carbocycles. The van der Waals surface area contributed by atoms with Gasteiger partial charge in [-0.2, -0.15) is 0 Å². The van der Waals surface area contributed by atoms with Crippen molar-refractivity contribution in [3.8, 4) is 0 Å². The van der Waals surface area contributed by atoms with Crippen LogP contribution in [0.25, 0.3) is 11.2 Å². The Morgan fingerprint density at radius 2 is 2.00 bits per heavy atom. The van der Waals surface area contributed by atoms with Crippen LogP contribution in [-0.2, 0) is 9.84 Å². The molecule has 3 heterocycles. The van der Waals surface area contributed by atoms with E-state index in [0.717, 1.165) is 38.3 Å². The Labute approximate surface area is 155 Å². The number of hydrogen-bond donors (Lipinski definition) is 2. The minimum Gasteiger partial charge on any atom is -0.336 e. The van der Waals surface area contributed by atoms with E-state index in [1.807, 2.05) is 4.57 Å². The molecule has 0 atom stereocenters. The molecular formula is C17H19FN6O2S. The Hall–Kier alpha value is -2.59. The predicted octanol–water partition coefficient (Wildman–Crippen LogP) is 2.04. The van der Waals surface area contributed by atoms with Gasteiger partial charge in [0.05, 0.1) is 16.9 Å². The average Bonchev–Trinajstić information content (AvgIpc) is 3.08. The standard InChI is InChI=1S/C17H19FN6O2S/c1-27(25,26)12-2-3-14(13(18)8-12)23-16-15-17(21-9-20-16)24(10-22-15)11-4-6-19-7-5-11/h2-3,8-11,19H,4-7H2,1H3,(H,20,21,23). The van der Waals surface area contributed by atoms with Gasteiger partial charge in [-0.1, -0.05) is 0 Å². The van der Waals surface area contributed by atoms with Crippen molar-refractivity contribution in [1.82, 2.24) is 24.8 Å². The molecule has 8 nitrogen and oxygen atoms in total. The molecular weight excluding hydrogens is 371 g/mol. The number of sulfone groups is 1. The largest absolute Gasteiger partial charge is 0.336 e. The maximum absolute atomic E-state index is 14.4. The second-order valence-corrected chi connectivity index (χ2v) is 8.58. The zero-order valence-corrected chi connectivity index (χ0v) is 15.5. The summed E-state index contributed by atoms with van der Waals surface area (Å²) in [5, 5.41) is 6.23. The quantitative estimate of drug-likeness (QED) is 0.703. The molecule has 0 amide bonds. The molecule has 0 unspecified atom stereocenters. The lowest BCUT2D eigenvalue weighted by molar-refractivity contribution is 0.373. The number of hydrogen-bond acceptors (Lipinski definition) is 7. The van der Waals surface area contributed by atoms with Crippen molar-refractivity contribution < 1.29 is 12.8 Å². The Bertz CT molecular complexity index is 1090. The van der Waals surface area contributed by atoms with Gasteiger partial charge in [-0.15, -0.1) is 0 Å². The lowest BCUT2D eigenvalue weighted by Gasteiger charge is -2.23. The van der Waals surface area contributed by atoms with Gasteiger partial charge in [-0.25, -0.2) is 27.8 Å². The van der Waals surface area contributed by atoms with Gasteiger partial charge >= 0.3 is 0 Å². The third kappa shape index (κ3) is 3.50. The van der Waals surface area contributed by atoms with Crippen LogP contribution < -0.4 is 10.6 Å². The van der Waals surface area contributed by atoms with Crippen LogP contribution in [0.15, 0.2) is 35.7 Å². The normalized spacial score (nSPS) is 15.9. The molecule has 0 radical (unpaired) electrons. The molecule has 1 aliphatic heterocycles. The summed E-state index contributed by atoms with van der Waals surface area (Å²) < 4.78 is 39.5. The average molecular weight is 390 g/mol. The molecule has 1 aliphatic rings. The van der Waals surface area contributed by atoms with Crippen LogP contribution in [0.3, 0.4) is 0 Å². The van der Waals surface area contributed by atoms with Crippen molar-refractivity contribution in [3.63, 3.8) is 0 Å². The molecule has 1 fully saturated rings. The highest BCUT2D eigenvalue weighted by atomic mass is 32.2. The van der Waals surface area contributed by atoms with Crippen molar-refractivity contribution in [3.05, 3.63) is 36.7 Å². The Balaban J connectivity index is 1.68. The molecule has 3 aromatic rings. The summed E-state index contributed by atoms with van der Waals surface area (Å²) >= 11 is 0. The smallest absolute Gasteiger partial charge is 0.175 e. The summed E-state index contributed by atoms with van der Waals surface area (Å²) in [5.74, 6) is -0.304. The number of nitrogens with one attached hydrogen (secondary N) is 2. The fourth-order valence-corrected chi connectivity index (χ4v) is 3.88. The van der Waals surface area contributed by atoms with Crippen LogP contribution >= 0.6 is 0 Å². The highest BCUT2D eigenvalue weighted by Crippen LogP contribution is 2.28. The third-order valence-electron chi connectivity index (χ3n) is 4.68. The van der Waals surface area contributed by atoms with E-state index in [-0.39, 0.29) is 10.6 Å². The summed E-state index contributed by atoms with van der Waals surface area (Å²) in [7, 11) is -3.47. The van der Waals surface area contributed by atoms with Crippen molar-refractivity contribution in [2.45, 2.75) is 23.8 Å². The minimum atomic E-state index is -3.47. The Kier molecular flexibility index (Phi) is 4.52. The topological polar surface area (TPSA) is 102 Å². The molecule has 0 bridgehead atoms. The highest BCUT2D eigenvalue weighted by molar-refractivity contribution is 7.90. The molecule has 2 aromatic heterocycles. The van der Waals surface area contributed by atoms with E-state index < -0.39 is 15.7 Å². The molecule has 0 spiro atoms. The lowest BCUT2D eigenvalue weighted by atomic mass is 10.1. The van der Waals surface area contributed by atoms with E-state index >= 15 is 0 Å². The maximum atomic E-state index is 14.4. The van der Waals surface area contributed by atoms with Crippen LogP contribution in [0.5, 0.6) is 0 Å². The third-order valence-corrected chi connectivity index (χ3v) is 5.79. The molecule has 4 rings (SSSR count). The zero-order chi connectivity index (χ0) is 19.0. The van der Waals surface area contributed by atoms with Crippen LogP contribution in [0.2, 0.25) is 0 Å². The van der Waals surface area contributed by atoms with Crippen LogP contribution in [-0.4, -0.2) is 47.3 Å². The van der Waals surface area contributed by atoms with Gasteiger partial charge in [-0.3, -0.25) is 0 Å². The number of rotatable bonds is 4. The number of fused-ring (bicyclic) bond motifs is 1. The van der Waals surface area contributed by atoms with Gasteiger partial charge in [0.1, 0.15) is 12.1 Å². The van der Waals surface area contributed by atoms with Crippen LogP contribution in [0.4, 0.5) is 15.9 Å². The van der Waals surface area contributed by atoms with E-state index in [2.05, 4.69) is 25.6 Å². The number of benzene rings is 1. The van der Waals surface area contributed by atoms with Crippen molar-refractivity contribution in [1.29, 1.82) is 0 Å². The van der Waals surface area contributed by atoms with Gasteiger partial charge in [0, 0.05) is 12.3 Å². The Morgan fingerprint density at radius 1 is 1.22 bits per heavy atom. The van der Waals surface area contributed by atoms with Gasteiger partial charge in [-0.05, 0) is 44.1 Å². The zero-order valence-electron chi connectivity index (χ0n) is 14.7. The van der Waals surface area contributed by atoms with E-state index in [0.29, 0.717) is 23.0 Å². The summed E-state index contributed by atoms with van der Waals surface area (Å²) in [6, 6.07) is 4.03. The van der Waals surface area contributed by atoms with E-state index in [1.165, 1.54) is 18.5 Å². The summed E-state index contributed by atoms with van der Waals surface area (Å²) in [4.78, 5) is 12.9. The monoisotopic (exact) mass is 390 g/mol. The molecule has 10 heteroatoms. The summed E-state index contributed by atoms with van der Waals surface area (Å²) in [6.45, 7) is 1.89. The molecule has 1 saturated heterocycles. The number of anilines is 2. The fourth-order valence-electron chi connectivity index (χ4n) is 3.25. The highest BCUT2D eigenvalue weighted by Gasteiger charge is 2.20. The first-order valence-electron chi connectivity index (χ1n) is 8.58. The van der Waals surface area contributed by atoms with Gasteiger partial charge in [0.25, 0.3) is 0 Å². The van der Waals surface area contributed by atoms with Crippen molar-refractivity contribution in [2.75, 3.05) is 24.7 Å². The summed E-state index contributed by atoms with van der Waals surface area (Å²) in [6.07, 6.45) is 6.16. The van der Waals surface area contributed by atoms with Crippen LogP contribution in [0, 0.1) is 5.82 Å². The first kappa shape index (κ1) is 17.8. The van der Waals surface area contributed by atoms with Crippen LogP contribution in [0.1, 0.15) is 18.9 Å². The number of piperidine rings is 1. The maximum Gasteiger partial charge on any atom is 0.175 e. The van der Waals surface area contributed by atoms with E-state index in [9.17, 15) is 12.8 Å². The van der Waals surface area contributed by atoms with E-state index in [1.54, 1.807) is 6.33 Å². The molecule has 0 saturated carbocycles. The SMILES string of the molecule is CS(=O)(=O)c1ccc(Nc2ncnc3c2ncn3C2CCNCC2)c(F)c1. The van der Waals surface area contributed by atoms with E-state index in [4.69, 9.17) is 0 Å². The second-order valence-electron chi connectivity index (χ2n) is 6.57. The number of halogens is 1. The predicted molar refractivity (Wildman–Crippen MR) is 99.3 cm³/mol. The van der Waals surface area contributed by atoms with Gasteiger partial charge in [0.2, 0.25) is 0 Å².